The van der Waals surface area contributed by atoms with Gasteiger partial charge in [0.1, 0.15) is 10.5 Å². The Labute approximate surface area is 189 Å². The second-order valence-corrected chi connectivity index (χ2v) is 10.1. The summed E-state index contributed by atoms with van der Waals surface area (Å²) in [6, 6.07) is 7.89. The number of carbonyl (C=O) groups excluding carboxylic acids is 2. The first-order valence-corrected chi connectivity index (χ1v) is 12.3. The highest BCUT2D eigenvalue weighted by Crippen LogP contribution is 2.30. The van der Waals surface area contributed by atoms with Crippen LogP contribution < -0.4 is 5.32 Å². The summed E-state index contributed by atoms with van der Waals surface area (Å²) >= 11 is 0. The van der Waals surface area contributed by atoms with Crippen LogP contribution in [0, 0.1) is 26.7 Å². The third-order valence-electron chi connectivity index (χ3n) is 5.74. The summed E-state index contributed by atoms with van der Waals surface area (Å²) < 4.78 is 33.4. The number of nitrogens with zero attached hydrogens (tertiary/aromatic N) is 1. The van der Waals surface area contributed by atoms with Crippen LogP contribution in [0.1, 0.15) is 52.6 Å². The van der Waals surface area contributed by atoms with Crippen molar-refractivity contribution in [3.63, 3.8) is 0 Å². The number of piperidine rings is 1. The van der Waals surface area contributed by atoms with E-state index in [1.807, 2.05) is 31.2 Å². The molecule has 8 nitrogen and oxygen atoms in total. The monoisotopic (exact) mass is 461 g/mol. The molecule has 0 radical (unpaired) electrons. The number of aryl methyl sites for hydroxylation is 3. The van der Waals surface area contributed by atoms with Crippen LogP contribution in [0.4, 0.5) is 0 Å². The van der Waals surface area contributed by atoms with Gasteiger partial charge in [-0.25, -0.2) is 13.2 Å². The molecule has 1 saturated heterocycles. The minimum absolute atomic E-state index is 0.0373. The van der Waals surface area contributed by atoms with Gasteiger partial charge in [-0.1, -0.05) is 29.8 Å². The number of amides is 1. The second kappa shape index (κ2) is 9.87. The summed E-state index contributed by atoms with van der Waals surface area (Å²) in [5.41, 5.74) is 3.00. The maximum absolute atomic E-state index is 13.5. The van der Waals surface area contributed by atoms with Gasteiger partial charge < -0.3 is 15.0 Å². The van der Waals surface area contributed by atoms with Gasteiger partial charge in [0.25, 0.3) is 0 Å². The van der Waals surface area contributed by atoms with E-state index in [1.165, 1.54) is 4.31 Å². The van der Waals surface area contributed by atoms with Crippen molar-refractivity contribution in [2.75, 3.05) is 19.7 Å². The predicted octanol–water partition coefficient (Wildman–Crippen LogP) is 2.83. The molecule has 1 aromatic carbocycles. The molecule has 1 aromatic heterocycles. The molecule has 0 bridgehead atoms. The number of benzene rings is 1. The average molecular weight is 462 g/mol. The van der Waals surface area contributed by atoms with Gasteiger partial charge in [-0.05, 0) is 46.1 Å². The van der Waals surface area contributed by atoms with E-state index in [0.29, 0.717) is 37.3 Å². The number of nitrogens with one attached hydrogen (secondary N) is 2. The average Bonchev–Trinajstić information content (AvgIpc) is 3.07. The zero-order chi connectivity index (χ0) is 23.5. The third-order valence-corrected chi connectivity index (χ3v) is 7.78. The fraction of sp³-hybridized carbons (Fsp3) is 0.478. The quantitative estimate of drug-likeness (QED) is 0.617. The van der Waals surface area contributed by atoms with Crippen molar-refractivity contribution < 1.29 is 22.7 Å². The number of carbonyl (C=O) groups is 2. The fourth-order valence-electron chi connectivity index (χ4n) is 4.07. The van der Waals surface area contributed by atoms with Crippen LogP contribution >= 0.6 is 0 Å². The van der Waals surface area contributed by atoms with Crippen LogP contribution in [0.5, 0.6) is 0 Å². The maximum atomic E-state index is 13.5. The Morgan fingerprint density at radius 3 is 2.50 bits per heavy atom. The Morgan fingerprint density at radius 1 is 1.16 bits per heavy atom. The van der Waals surface area contributed by atoms with E-state index in [4.69, 9.17) is 4.74 Å². The Balaban J connectivity index is 1.76. The highest BCUT2D eigenvalue weighted by atomic mass is 32.2. The van der Waals surface area contributed by atoms with Crippen molar-refractivity contribution in [1.82, 2.24) is 14.6 Å². The Bertz CT molecular complexity index is 1090. The molecule has 0 spiro atoms. The number of ether oxygens (including phenoxy) is 1. The van der Waals surface area contributed by atoms with Gasteiger partial charge in [0, 0.05) is 31.0 Å². The van der Waals surface area contributed by atoms with Crippen LogP contribution in [-0.2, 0) is 26.1 Å². The number of hydrogen-bond acceptors (Lipinski definition) is 5. The molecule has 1 fully saturated rings. The van der Waals surface area contributed by atoms with Crippen LogP contribution in [0.3, 0.4) is 0 Å². The molecule has 0 saturated carbocycles. The molecule has 2 N–H and O–H groups in total. The lowest BCUT2D eigenvalue weighted by Crippen LogP contribution is -2.45. The van der Waals surface area contributed by atoms with Gasteiger partial charge in [-0.2, -0.15) is 4.31 Å². The van der Waals surface area contributed by atoms with Crippen molar-refractivity contribution in [1.29, 1.82) is 0 Å². The molecule has 1 atom stereocenters. The Hall–Kier alpha value is -2.65. The summed E-state index contributed by atoms with van der Waals surface area (Å²) in [4.78, 5) is 28.1. The van der Waals surface area contributed by atoms with E-state index in [2.05, 4.69) is 10.3 Å². The summed E-state index contributed by atoms with van der Waals surface area (Å²) in [5, 5.41) is 2.92. The van der Waals surface area contributed by atoms with E-state index in [1.54, 1.807) is 20.8 Å². The lowest BCUT2D eigenvalue weighted by Gasteiger charge is -2.31. The Kier molecular flexibility index (Phi) is 7.40. The van der Waals surface area contributed by atoms with Gasteiger partial charge in [0.2, 0.25) is 15.9 Å². The highest BCUT2D eigenvalue weighted by molar-refractivity contribution is 7.89. The van der Waals surface area contributed by atoms with Gasteiger partial charge in [0.15, 0.2) is 0 Å². The molecule has 2 aromatic rings. The van der Waals surface area contributed by atoms with Gasteiger partial charge in [0.05, 0.1) is 12.5 Å². The highest BCUT2D eigenvalue weighted by Gasteiger charge is 2.38. The smallest absolute Gasteiger partial charge is 0.341 e. The van der Waals surface area contributed by atoms with Gasteiger partial charge >= 0.3 is 5.97 Å². The molecule has 32 heavy (non-hydrogen) atoms. The van der Waals surface area contributed by atoms with Gasteiger partial charge in [-0.15, -0.1) is 0 Å². The molecule has 1 amide bonds. The van der Waals surface area contributed by atoms with Crippen LogP contribution in [0.2, 0.25) is 0 Å². The first-order valence-electron chi connectivity index (χ1n) is 10.8. The number of hydrogen-bond donors (Lipinski definition) is 2. The lowest BCUT2D eigenvalue weighted by atomic mass is 9.98. The molecule has 1 aliphatic heterocycles. The first-order chi connectivity index (χ1) is 15.1. The first kappa shape index (κ1) is 24.0. The van der Waals surface area contributed by atoms with Crippen molar-refractivity contribution >= 4 is 21.9 Å². The molecule has 2 heterocycles. The zero-order valence-electron chi connectivity index (χ0n) is 19.0. The van der Waals surface area contributed by atoms with Gasteiger partial charge in [-0.3, -0.25) is 4.79 Å². The molecular formula is C23H31N3O5S. The summed E-state index contributed by atoms with van der Waals surface area (Å²) in [6.07, 6.45) is 1.18. The normalized spacial score (nSPS) is 17.2. The number of rotatable bonds is 7. The standard InChI is InChI=1S/C23H31N3O5S/c1-5-31-23(28)20-16(3)25-17(4)21(20)32(29,30)26-12-6-7-19(14-26)22(27)24-13-18-10-8-15(2)9-11-18/h8-11,19,25H,5-7,12-14H2,1-4H3,(H,24,27). The van der Waals surface area contributed by atoms with E-state index >= 15 is 0 Å². The maximum Gasteiger partial charge on any atom is 0.341 e. The number of H-pyrrole nitrogens is 1. The SMILES string of the molecule is CCOC(=O)c1c(C)[nH]c(C)c1S(=O)(=O)N1CCCC(C(=O)NCc2ccc(C)cc2)C1. The summed E-state index contributed by atoms with van der Waals surface area (Å²) in [6.45, 7) is 7.87. The minimum Gasteiger partial charge on any atom is -0.462 e. The minimum atomic E-state index is -3.98. The van der Waals surface area contributed by atoms with Crippen LogP contribution in [0.25, 0.3) is 0 Å². The predicted molar refractivity (Wildman–Crippen MR) is 121 cm³/mol. The molecule has 1 unspecified atom stereocenters. The topological polar surface area (TPSA) is 109 Å². The fourth-order valence-corrected chi connectivity index (χ4v) is 6.01. The number of sulfonamides is 1. The Morgan fingerprint density at radius 2 is 1.84 bits per heavy atom. The van der Waals surface area contributed by atoms with E-state index in [9.17, 15) is 18.0 Å². The lowest BCUT2D eigenvalue weighted by molar-refractivity contribution is -0.126. The molecular weight excluding hydrogens is 430 g/mol. The summed E-state index contributed by atoms with van der Waals surface area (Å²) in [5.74, 6) is -1.29. The number of esters is 1. The molecule has 3 rings (SSSR count). The van der Waals surface area contributed by atoms with E-state index < -0.39 is 21.9 Å². The van der Waals surface area contributed by atoms with E-state index in [-0.39, 0.29) is 29.5 Å². The van der Waals surface area contributed by atoms with Crippen LogP contribution in [0.15, 0.2) is 29.2 Å². The molecule has 174 valence electrons. The second-order valence-electron chi connectivity index (χ2n) is 8.21. The van der Waals surface area contributed by atoms with Crippen molar-refractivity contribution in [3.8, 4) is 0 Å². The zero-order valence-corrected chi connectivity index (χ0v) is 19.8. The van der Waals surface area contributed by atoms with Crippen molar-refractivity contribution in [2.24, 2.45) is 5.92 Å². The van der Waals surface area contributed by atoms with Crippen molar-refractivity contribution in [3.05, 3.63) is 52.3 Å². The van der Waals surface area contributed by atoms with Crippen molar-refractivity contribution in [2.45, 2.75) is 52.0 Å². The van der Waals surface area contributed by atoms with E-state index in [0.717, 1.165) is 11.1 Å². The largest absolute Gasteiger partial charge is 0.462 e. The third kappa shape index (κ3) is 5.05. The molecule has 9 heteroatoms. The molecule has 0 aliphatic carbocycles. The summed E-state index contributed by atoms with van der Waals surface area (Å²) in [7, 11) is -3.98. The number of aromatic amines is 1. The van der Waals surface area contributed by atoms with Crippen LogP contribution in [-0.4, -0.2) is 49.3 Å². The molecule has 1 aliphatic rings. The number of aromatic nitrogens is 1.